The summed E-state index contributed by atoms with van der Waals surface area (Å²) in [6.07, 6.45) is 3.16. The van der Waals surface area contributed by atoms with Gasteiger partial charge in [0.1, 0.15) is 5.75 Å². The number of fused-ring (bicyclic) bond motifs is 1. The van der Waals surface area contributed by atoms with Crippen molar-refractivity contribution in [3.63, 3.8) is 0 Å². The number of hydrogen-bond acceptors (Lipinski definition) is 4. The molecule has 4 rings (SSSR count). The molecule has 1 aromatic heterocycles. The number of hydrogen-bond donors (Lipinski definition) is 1. The third-order valence-corrected chi connectivity index (χ3v) is 4.22. The zero-order valence-electron chi connectivity index (χ0n) is 14.4. The monoisotopic (exact) mass is 393 g/mol. The first-order chi connectivity index (χ1) is 13.6. The summed E-state index contributed by atoms with van der Waals surface area (Å²) in [6.45, 7) is 0. The molecule has 0 bridgehead atoms. The van der Waals surface area contributed by atoms with Crippen LogP contribution in [0.15, 0.2) is 73.1 Å². The number of amides is 1. The number of nitrogens with one attached hydrogen (secondary N) is 1. The molecule has 0 saturated carbocycles. The van der Waals surface area contributed by atoms with Gasteiger partial charge in [0.05, 0.1) is 11.0 Å². The average Bonchev–Trinajstić information content (AvgIpc) is 2.71. The quantitative estimate of drug-likeness (QED) is 0.499. The SMILES string of the molecule is O=C(Nc1ccc(F)c(Oc2ccc3nccnc3c2)c1)c1ccc(Cl)cc1. The van der Waals surface area contributed by atoms with Crippen LogP contribution in [0.25, 0.3) is 11.0 Å². The maximum atomic E-state index is 14.2. The van der Waals surface area contributed by atoms with E-state index in [0.717, 1.165) is 0 Å². The van der Waals surface area contributed by atoms with Gasteiger partial charge in [0.2, 0.25) is 0 Å². The minimum absolute atomic E-state index is 0.0165. The molecule has 1 heterocycles. The highest BCUT2D eigenvalue weighted by atomic mass is 35.5. The van der Waals surface area contributed by atoms with E-state index in [4.69, 9.17) is 16.3 Å². The Morgan fingerprint density at radius 2 is 1.68 bits per heavy atom. The van der Waals surface area contributed by atoms with E-state index in [0.29, 0.717) is 33.1 Å². The van der Waals surface area contributed by atoms with Crippen molar-refractivity contribution < 1.29 is 13.9 Å². The molecule has 28 heavy (non-hydrogen) atoms. The standard InChI is InChI=1S/C21H13ClFN3O2/c22-14-3-1-13(2-4-14)21(27)26-15-5-7-17(23)20(11-15)28-16-6-8-18-19(12-16)25-10-9-24-18/h1-12H,(H,26,27). The molecule has 0 aliphatic carbocycles. The molecule has 1 N–H and O–H groups in total. The molecule has 0 unspecified atom stereocenters. The van der Waals surface area contributed by atoms with Gasteiger partial charge >= 0.3 is 0 Å². The molecular formula is C21H13ClFN3O2. The van der Waals surface area contributed by atoms with Crippen molar-refractivity contribution in [3.8, 4) is 11.5 Å². The van der Waals surface area contributed by atoms with Crippen LogP contribution >= 0.6 is 11.6 Å². The number of aromatic nitrogens is 2. The molecule has 0 aliphatic rings. The lowest BCUT2D eigenvalue weighted by Crippen LogP contribution is -2.11. The Bertz CT molecular complexity index is 1170. The largest absolute Gasteiger partial charge is 0.454 e. The van der Waals surface area contributed by atoms with Crippen LogP contribution in [0.3, 0.4) is 0 Å². The third-order valence-electron chi connectivity index (χ3n) is 3.96. The Kier molecular flexibility index (Phi) is 4.87. The minimum Gasteiger partial charge on any atom is -0.454 e. The highest BCUT2D eigenvalue weighted by molar-refractivity contribution is 6.30. The van der Waals surface area contributed by atoms with E-state index in [1.165, 1.54) is 18.2 Å². The van der Waals surface area contributed by atoms with Crippen molar-refractivity contribution in [2.24, 2.45) is 0 Å². The predicted molar refractivity (Wildman–Crippen MR) is 105 cm³/mol. The maximum Gasteiger partial charge on any atom is 0.255 e. The summed E-state index contributed by atoms with van der Waals surface area (Å²) >= 11 is 5.83. The number of benzene rings is 3. The lowest BCUT2D eigenvalue weighted by Gasteiger charge is -2.10. The van der Waals surface area contributed by atoms with Crippen molar-refractivity contribution in [2.45, 2.75) is 0 Å². The average molecular weight is 394 g/mol. The Balaban J connectivity index is 1.56. The van der Waals surface area contributed by atoms with Crippen LogP contribution in [0.4, 0.5) is 10.1 Å². The zero-order chi connectivity index (χ0) is 19.5. The molecule has 0 saturated heterocycles. The van der Waals surface area contributed by atoms with Gasteiger partial charge in [-0.3, -0.25) is 14.8 Å². The summed E-state index contributed by atoms with van der Waals surface area (Å²) in [4.78, 5) is 20.7. The topological polar surface area (TPSA) is 64.1 Å². The molecule has 5 nitrogen and oxygen atoms in total. The second kappa shape index (κ2) is 7.62. The second-order valence-corrected chi connectivity index (χ2v) is 6.35. The van der Waals surface area contributed by atoms with Gasteiger partial charge in [-0.25, -0.2) is 4.39 Å². The van der Waals surface area contributed by atoms with Crippen LogP contribution in [0.1, 0.15) is 10.4 Å². The van der Waals surface area contributed by atoms with E-state index in [-0.39, 0.29) is 11.7 Å². The number of carbonyl (C=O) groups is 1. The van der Waals surface area contributed by atoms with E-state index in [1.54, 1.807) is 54.9 Å². The van der Waals surface area contributed by atoms with Crippen LogP contribution in [0.2, 0.25) is 5.02 Å². The Morgan fingerprint density at radius 3 is 2.46 bits per heavy atom. The molecule has 0 atom stereocenters. The van der Waals surface area contributed by atoms with Gasteiger partial charge in [0.15, 0.2) is 11.6 Å². The summed E-state index contributed by atoms with van der Waals surface area (Å²) in [5, 5.41) is 3.25. The molecule has 138 valence electrons. The van der Waals surface area contributed by atoms with Crippen molar-refractivity contribution in [1.82, 2.24) is 9.97 Å². The van der Waals surface area contributed by atoms with E-state index in [2.05, 4.69) is 15.3 Å². The first kappa shape index (κ1) is 17.9. The Hall–Kier alpha value is -3.51. The van der Waals surface area contributed by atoms with Gasteiger partial charge in [0.25, 0.3) is 5.91 Å². The second-order valence-electron chi connectivity index (χ2n) is 5.92. The molecule has 0 spiro atoms. The molecule has 1 amide bonds. The van der Waals surface area contributed by atoms with Crippen LogP contribution in [-0.2, 0) is 0 Å². The third kappa shape index (κ3) is 3.92. The van der Waals surface area contributed by atoms with Gasteiger partial charge in [-0.2, -0.15) is 0 Å². The van der Waals surface area contributed by atoms with Crippen molar-refractivity contribution in [1.29, 1.82) is 0 Å². The fraction of sp³-hybridized carbons (Fsp3) is 0. The number of halogens is 2. The molecule has 3 aromatic carbocycles. The fourth-order valence-electron chi connectivity index (χ4n) is 2.60. The highest BCUT2D eigenvalue weighted by Crippen LogP contribution is 2.29. The van der Waals surface area contributed by atoms with Crippen LogP contribution in [0, 0.1) is 5.82 Å². The Morgan fingerprint density at radius 1 is 0.929 bits per heavy atom. The first-order valence-electron chi connectivity index (χ1n) is 8.33. The zero-order valence-corrected chi connectivity index (χ0v) is 15.2. The van der Waals surface area contributed by atoms with Gasteiger partial charge in [-0.05, 0) is 48.5 Å². The van der Waals surface area contributed by atoms with Crippen LogP contribution in [-0.4, -0.2) is 15.9 Å². The molecular weight excluding hydrogens is 381 g/mol. The number of ether oxygens (including phenoxy) is 1. The fourth-order valence-corrected chi connectivity index (χ4v) is 2.72. The minimum atomic E-state index is -0.552. The summed E-state index contributed by atoms with van der Waals surface area (Å²) in [5.41, 5.74) is 2.17. The molecule has 0 radical (unpaired) electrons. The van der Waals surface area contributed by atoms with Crippen molar-refractivity contribution in [3.05, 3.63) is 89.5 Å². The summed E-state index contributed by atoms with van der Waals surface area (Å²) < 4.78 is 19.8. The van der Waals surface area contributed by atoms with E-state index < -0.39 is 5.82 Å². The van der Waals surface area contributed by atoms with E-state index >= 15 is 0 Å². The maximum absolute atomic E-state index is 14.2. The molecule has 4 aromatic rings. The molecule has 0 aliphatic heterocycles. The van der Waals surface area contributed by atoms with Gasteiger partial charge in [-0.1, -0.05) is 11.6 Å². The normalized spacial score (nSPS) is 10.6. The van der Waals surface area contributed by atoms with Gasteiger partial charge < -0.3 is 10.1 Å². The summed E-state index contributed by atoms with van der Waals surface area (Å²) in [6, 6.07) is 15.7. The van der Waals surface area contributed by atoms with E-state index in [9.17, 15) is 9.18 Å². The lowest BCUT2D eigenvalue weighted by atomic mass is 10.2. The Labute approximate surface area is 164 Å². The number of nitrogens with zero attached hydrogens (tertiary/aromatic N) is 2. The lowest BCUT2D eigenvalue weighted by molar-refractivity contribution is 0.102. The first-order valence-corrected chi connectivity index (χ1v) is 8.71. The smallest absolute Gasteiger partial charge is 0.255 e. The van der Waals surface area contributed by atoms with E-state index in [1.807, 2.05) is 0 Å². The van der Waals surface area contributed by atoms with Gasteiger partial charge in [-0.15, -0.1) is 0 Å². The van der Waals surface area contributed by atoms with Crippen LogP contribution in [0.5, 0.6) is 11.5 Å². The molecule has 0 fully saturated rings. The summed E-state index contributed by atoms with van der Waals surface area (Å²) in [7, 11) is 0. The molecule has 7 heteroatoms. The predicted octanol–water partition coefficient (Wildman–Crippen LogP) is 5.47. The number of anilines is 1. The number of carbonyl (C=O) groups excluding carboxylic acids is 1. The highest BCUT2D eigenvalue weighted by Gasteiger charge is 2.11. The van der Waals surface area contributed by atoms with Gasteiger partial charge in [0, 0.05) is 40.8 Å². The van der Waals surface area contributed by atoms with Crippen LogP contribution < -0.4 is 10.1 Å². The summed E-state index contributed by atoms with van der Waals surface area (Å²) in [5.74, 6) is -0.496. The number of rotatable bonds is 4. The van der Waals surface area contributed by atoms with Crippen molar-refractivity contribution in [2.75, 3.05) is 5.32 Å². The van der Waals surface area contributed by atoms with Crippen molar-refractivity contribution >= 4 is 34.2 Å².